The zero-order valence-electron chi connectivity index (χ0n) is 43.6. The highest BCUT2D eigenvalue weighted by Crippen LogP contribution is 2.18. The maximum Gasteiger partial charge on any atom is 0.306 e. The molecule has 0 aromatic carbocycles. The first-order valence-electron chi connectivity index (χ1n) is 29.2. The van der Waals surface area contributed by atoms with Crippen LogP contribution in [0, 0.1) is 0 Å². The molecule has 0 rings (SSSR count). The molecule has 0 amide bonds. The minimum absolute atomic E-state index is 0.0580. The second kappa shape index (κ2) is 56.0. The van der Waals surface area contributed by atoms with E-state index in [0.717, 1.165) is 38.5 Å². The van der Waals surface area contributed by atoms with Gasteiger partial charge in [-0.15, -0.1) is 0 Å². The summed E-state index contributed by atoms with van der Waals surface area (Å²) in [4.78, 5) is 24.3. The molecule has 1 unspecified atom stereocenters. The van der Waals surface area contributed by atoms with Gasteiger partial charge in [0, 0.05) is 12.8 Å². The smallest absolute Gasteiger partial charge is 0.306 e. The van der Waals surface area contributed by atoms with E-state index in [4.69, 9.17) is 9.47 Å². The first-order chi connectivity index (χ1) is 31.6. The lowest BCUT2D eigenvalue weighted by Crippen LogP contribution is -2.28. The largest absolute Gasteiger partial charge is 0.462 e. The fourth-order valence-corrected chi connectivity index (χ4v) is 9.14. The molecule has 5 heteroatoms. The van der Waals surface area contributed by atoms with E-state index in [0.29, 0.717) is 12.8 Å². The van der Waals surface area contributed by atoms with Gasteiger partial charge in [0.1, 0.15) is 6.61 Å². The average Bonchev–Trinajstić information content (AvgIpc) is 3.30. The maximum atomic E-state index is 12.2. The number of carbonyl (C=O) groups excluding carboxylic acids is 2. The monoisotopic (exact) mass is 903 g/mol. The molecule has 1 atom stereocenters. The molecule has 64 heavy (non-hydrogen) atoms. The third-order valence-electron chi connectivity index (χ3n) is 13.6. The predicted molar refractivity (Wildman–Crippen MR) is 279 cm³/mol. The Morgan fingerprint density at radius 1 is 0.344 bits per heavy atom. The van der Waals surface area contributed by atoms with Crippen molar-refractivity contribution in [3.05, 3.63) is 12.2 Å². The number of hydrogen-bond donors (Lipinski definition) is 1. The molecule has 0 fully saturated rings. The van der Waals surface area contributed by atoms with Gasteiger partial charge < -0.3 is 14.6 Å². The summed E-state index contributed by atoms with van der Waals surface area (Å²) in [6.07, 6.45) is 69.6. The Balaban J connectivity index is 3.29. The Labute approximate surface area is 401 Å². The fourth-order valence-electron chi connectivity index (χ4n) is 9.14. The minimum atomic E-state index is -0.763. The average molecular weight is 904 g/mol. The molecular formula is C59H114O5. The summed E-state index contributed by atoms with van der Waals surface area (Å²) >= 11 is 0. The molecule has 0 aromatic rings. The summed E-state index contributed by atoms with van der Waals surface area (Å²) in [6.45, 7) is 4.15. The first-order valence-corrected chi connectivity index (χ1v) is 29.2. The highest BCUT2D eigenvalue weighted by Gasteiger charge is 2.16. The highest BCUT2D eigenvalue weighted by molar-refractivity contribution is 5.70. The summed E-state index contributed by atoms with van der Waals surface area (Å²) in [6, 6.07) is 0. The number of allylic oxidation sites excluding steroid dienone is 2. The van der Waals surface area contributed by atoms with Gasteiger partial charge in [-0.05, 0) is 38.5 Å². The van der Waals surface area contributed by atoms with Crippen molar-refractivity contribution in [3.63, 3.8) is 0 Å². The van der Waals surface area contributed by atoms with E-state index < -0.39 is 6.10 Å². The fraction of sp³-hybridized carbons (Fsp3) is 0.932. The van der Waals surface area contributed by atoms with Crippen molar-refractivity contribution >= 4 is 11.9 Å². The lowest BCUT2D eigenvalue weighted by atomic mass is 10.0. The molecule has 5 nitrogen and oxygen atoms in total. The molecule has 0 aliphatic rings. The van der Waals surface area contributed by atoms with E-state index in [9.17, 15) is 14.7 Å². The molecule has 0 bridgehead atoms. The van der Waals surface area contributed by atoms with E-state index in [2.05, 4.69) is 26.0 Å². The van der Waals surface area contributed by atoms with Crippen LogP contribution in [0.1, 0.15) is 335 Å². The molecule has 380 valence electrons. The second-order valence-corrected chi connectivity index (χ2v) is 20.1. The third kappa shape index (κ3) is 53.3. The summed E-state index contributed by atoms with van der Waals surface area (Å²) < 4.78 is 10.6. The van der Waals surface area contributed by atoms with Crippen molar-refractivity contribution in [3.8, 4) is 0 Å². The van der Waals surface area contributed by atoms with E-state index in [1.165, 1.54) is 270 Å². The Kier molecular flexibility index (Phi) is 54.8. The third-order valence-corrected chi connectivity index (χ3v) is 13.6. The van der Waals surface area contributed by atoms with E-state index in [1.54, 1.807) is 0 Å². The highest BCUT2D eigenvalue weighted by atomic mass is 16.6. The van der Waals surface area contributed by atoms with Gasteiger partial charge in [0.2, 0.25) is 0 Å². The van der Waals surface area contributed by atoms with Crippen LogP contribution in [0.3, 0.4) is 0 Å². The number of unbranched alkanes of at least 4 members (excludes halogenated alkanes) is 45. The lowest BCUT2D eigenvalue weighted by molar-refractivity contribution is -0.161. The van der Waals surface area contributed by atoms with Gasteiger partial charge in [-0.1, -0.05) is 296 Å². The quantitative estimate of drug-likeness (QED) is 0.0374. The van der Waals surface area contributed by atoms with Crippen molar-refractivity contribution in [2.75, 3.05) is 13.2 Å². The van der Waals surface area contributed by atoms with Crippen LogP contribution in [0.2, 0.25) is 0 Å². The molecule has 0 heterocycles. The number of aliphatic hydroxyl groups is 1. The SMILES string of the molecule is CCCCCCCCCC/C=C\CCCCCCCCCCCCCCCCCCCCCCCCCCCCCCCC(=O)OC(CO)COC(=O)CCCCCCCCCCC. The van der Waals surface area contributed by atoms with Crippen LogP contribution in [0.5, 0.6) is 0 Å². The van der Waals surface area contributed by atoms with Crippen LogP contribution < -0.4 is 0 Å². The first kappa shape index (κ1) is 62.6. The van der Waals surface area contributed by atoms with Crippen LogP contribution in [0.15, 0.2) is 12.2 Å². The zero-order chi connectivity index (χ0) is 46.3. The maximum absolute atomic E-state index is 12.2. The van der Waals surface area contributed by atoms with E-state index >= 15 is 0 Å². The molecule has 0 spiro atoms. The molecule has 1 N–H and O–H groups in total. The van der Waals surface area contributed by atoms with Gasteiger partial charge in [-0.3, -0.25) is 9.59 Å². The Hall–Kier alpha value is -1.36. The topological polar surface area (TPSA) is 72.8 Å². The van der Waals surface area contributed by atoms with Gasteiger partial charge in [-0.25, -0.2) is 0 Å². The van der Waals surface area contributed by atoms with Crippen LogP contribution >= 0.6 is 0 Å². The Bertz CT molecular complexity index is 932. The van der Waals surface area contributed by atoms with Crippen molar-refractivity contribution in [1.29, 1.82) is 0 Å². The van der Waals surface area contributed by atoms with Crippen molar-refractivity contribution < 1.29 is 24.2 Å². The Morgan fingerprint density at radius 2 is 0.578 bits per heavy atom. The molecule has 0 aliphatic heterocycles. The molecule has 0 aromatic heterocycles. The Morgan fingerprint density at radius 3 is 0.844 bits per heavy atom. The van der Waals surface area contributed by atoms with Gasteiger partial charge in [0.15, 0.2) is 6.10 Å². The molecule has 0 saturated carbocycles. The lowest BCUT2D eigenvalue weighted by Gasteiger charge is -2.15. The summed E-state index contributed by atoms with van der Waals surface area (Å²) in [5.74, 6) is -0.575. The van der Waals surface area contributed by atoms with Gasteiger partial charge >= 0.3 is 11.9 Å². The van der Waals surface area contributed by atoms with Crippen LogP contribution in [0.4, 0.5) is 0 Å². The number of ether oxygens (including phenoxy) is 2. The number of carbonyl (C=O) groups is 2. The molecular weight excluding hydrogens is 789 g/mol. The standard InChI is InChI=1S/C59H114O5/c1-3-5-7-9-11-13-14-15-16-17-18-19-20-21-22-23-24-25-26-27-28-29-30-31-32-33-34-35-36-37-38-39-40-41-42-43-44-46-48-50-52-54-59(62)64-57(55-60)56-63-58(61)53-51-49-47-45-12-10-8-6-4-2/h17-18,57,60H,3-16,19-56H2,1-2H3/b18-17-. The normalized spacial score (nSPS) is 12.1. The van der Waals surface area contributed by atoms with Crippen LogP contribution in [-0.2, 0) is 19.1 Å². The minimum Gasteiger partial charge on any atom is -0.462 e. The van der Waals surface area contributed by atoms with Crippen molar-refractivity contribution in [2.45, 2.75) is 341 Å². The van der Waals surface area contributed by atoms with Gasteiger partial charge in [0.25, 0.3) is 0 Å². The predicted octanol–water partition coefficient (Wildman–Crippen LogP) is 19.5. The second-order valence-electron chi connectivity index (χ2n) is 20.1. The summed E-state index contributed by atoms with van der Waals surface area (Å²) in [7, 11) is 0. The van der Waals surface area contributed by atoms with Crippen LogP contribution in [0.25, 0.3) is 0 Å². The molecule has 0 saturated heterocycles. The van der Waals surface area contributed by atoms with Crippen molar-refractivity contribution in [1.82, 2.24) is 0 Å². The van der Waals surface area contributed by atoms with E-state index in [1.807, 2.05) is 0 Å². The number of esters is 2. The zero-order valence-corrected chi connectivity index (χ0v) is 43.6. The summed E-state index contributed by atoms with van der Waals surface area (Å²) in [5.41, 5.74) is 0. The number of rotatable bonds is 55. The van der Waals surface area contributed by atoms with E-state index in [-0.39, 0.29) is 25.2 Å². The summed E-state index contributed by atoms with van der Waals surface area (Å²) in [5, 5.41) is 9.58. The van der Waals surface area contributed by atoms with Gasteiger partial charge in [0.05, 0.1) is 6.61 Å². The molecule has 0 radical (unpaired) electrons. The van der Waals surface area contributed by atoms with Crippen LogP contribution in [-0.4, -0.2) is 36.4 Å². The number of hydrogen-bond acceptors (Lipinski definition) is 5. The number of aliphatic hydroxyl groups excluding tert-OH is 1. The molecule has 0 aliphatic carbocycles. The van der Waals surface area contributed by atoms with Crippen molar-refractivity contribution in [2.24, 2.45) is 0 Å². The van der Waals surface area contributed by atoms with Gasteiger partial charge in [-0.2, -0.15) is 0 Å².